The van der Waals surface area contributed by atoms with Crippen molar-refractivity contribution >= 4 is 42.5 Å². The molecule has 5 nitrogen and oxygen atoms in total. The maximum absolute atomic E-state index is 4.92. The normalized spacial score (nSPS) is 10.7. The number of hydrogen-bond donors (Lipinski definition) is 0. The third kappa shape index (κ3) is 5.19. The molecule has 4 aromatic heterocycles. The molecule has 0 spiro atoms. The Labute approximate surface area is 254 Å². The molecule has 0 atom stereocenters. The Hall–Kier alpha value is -4.55. The van der Waals surface area contributed by atoms with E-state index in [1.807, 2.05) is 66.7 Å². The molecule has 0 N–H and O–H groups in total. The molecule has 0 unspecified atom stereocenters. The Bertz CT molecular complexity index is 2020. The van der Waals surface area contributed by atoms with Crippen LogP contribution in [0.3, 0.4) is 0 Å². The van der Waals surface area contributed by atoms with Crippen molar-refractivity contribution in [3.8, 4) is 28.3 Å². The van der Waals surface area contributed by atoms with Gasteiger partial charge < -0.3 is 9.55 Å². The second-order valence-corrected chi connectivity index (χ2v) is 10.1. The van der Waals surface area contributed by atoms with Crippen LogP contribution in [0.1, 0.15) is 0 Å². The molecule has 41 heavy (non-hydrogen) atoms. The summed E-state index contributed by atoms with van der Waals surface area (Å²) in [5.41, 5.74) is 5.80. The quantitative estimate of drug-likeness (QED) is 0.173. The summed E-state index contributed by atoms with van der Waals surface area (Å²) in [6, 6.07) is 43.1. The van der Waals surface area contributed by atoms with Crippen LogP contribution in [0.2, 0.25) is 0 Å². The van der Waals surface area contributed by atoms with Crippen molar-refractivity contribution in [3.63, 3.8) is 0 Å². The zero-order chi connectivity index (χ0) is 26.7. The molecule has 0 aliphatic heterocycles. The molecule has 7 heteroatoms. The smallest absolute Gasteiger partial charge is 0.0992 e. The molecule has 0 aliphatic carbocycles. The Morgan fingerprint density at radius 1 is 0.683 bits per heavy atom. The van der Waals surface area contributed by atoms with Gasteiger partial charge in [0.25, 0.3) is 0 Å². The standard InChI is InChI=1S/C23H13N4S.C11H8N.Ir/c1-2-7-15(8-3-1)27-20-14-25-24-13-19(20)26-23(27)18-11-6-10-17-16-9-4-5-12-21(16)28-22(17)18;1-2-6-10(7-3-1)11-8-4-5-9-12-11;/h1-10,12-14H;1-6,8-9H;/q2*-1;. The second kappa shape index (κ2) is 11.9. The minimum atomic E-state index is 0. The van der Waals surface area contributed by atoms with Crippen LogP contribution in [-0.4, -0.2) is 24.7 Å². The summed E-state index contributed by atoms with van der Waals surface area (Å²) >= 11 is 1.78. The predicted octanol–water partition coefficient (Wildman–Crippen LogP) is 8.20. The molecule has 4 heterocycles. The summed E-state index contributed by atoms with van der Waals surface area (Å²) in [5, 5.41) is 10.6. The van der Waals surface area contributed by atoms with Gasteiger partial charge in [0.2, 0.25) is 0 Å². The topological polar surface area (TPSA) is 56.5 Å². The van der Waals surface area contributed by atoms with Gasteiger partial charge >= 0.3 is 0 Å². The van der Waals surface area contributed by atoms with Crippen LogP contribution in [0, 0.1) is 12.1 Å². The number of imidazole rings is 1. The molecule has 8 rings (SSSR count). The largest absolute Gasteiger partial charge is 0.332 e. The van der Waals surface area contributed by atoms with Crippen molar-refractivity contribution < 1.29 is 20.1 Å². The van der Waals surface area contributed by atoms with E-state index in [0.29, 0.717) is 0 Å². The van der Waals surface area contributed by atoms with E-state index in [4.69, 9.17) is 4.98 Å². The minimum Gasteiger partial charge on any atom is -0.332 e. The van der Waals surface area contributed by atoms with E-state index >= 15 is 0 Å². The summed E-state index contributed by atoms with van der Waals surface area (Å²) in [6.07, 6.45) is 5.27. The van der Waals surface area contributed by atoms with Gasteiger partial charge in [0.1, 0.15) is 0 Å². The number of fused-ring (bicyclic) bond motifs is 4. The zero-order valence-electron chi connectivity index (χ0n) is 21.6. The molecule has 0 amide bonds. The fourth-order valence-corrected chi connectivity index (χ4v) is 5.98. The third-order valence-electron chi connectivity index (χ3n) is 6.59. The first-order valence-corrected chi connectivity index (χ1v) is 13.6. The number of rotatable bonds is 3. The molecule has 0 saturated carbocycles. The van der Waals surface area contributed by atoms with Crippen LogP contribution < -0.4 is 0 Å². The Balaban J connectivity index is 0.000000196. The maximum Gasteiger partial charge on any atom is 0.0992 e. The van der Waals surface area contributed by atoms with Gasteiger partial charge in [-0.2, -0.15) is 21.5 Å². The Morgan fingerprint density at radius 3 is 2.32 bits per heavy atom. The van der Waals surface area contributed by atoms with Gasteiger partial charge in [0.05, 0.1) is 29.3 Å². The van der Waals surface area contributed by atoms with Crippen molar-refractivity contribution in [1.29, 1.82) is 0 Å². The predicted molar refractivity (Wildman–Crippen MR) is 162 cm³/mol. The monoisotopic (exact) mass is 724 g/mol. The van der Waals surface area contributed by atoms with Gasteiger partial charge in [0.15, 0.2) is 0 Å². The van der Waals surface area contributed by atoms with Crippen molar-refractivity contribution in [3.05, 3.63) is 140 Å². The number of benzene rings is 4. The van der Waals surface area contributed by atoms with Crippen LogP contribution in [0.5, 0.6) is 0 Å². The fraction of sp³-hybridized carbons (Fsp3) is 0. The number of para-hydroxylation sites is 1. The molecule has 199 valence electrons. The summed E-state index contributed by atoms with van der Waals surface area (Å²) < 4.78 is 4.60. The van der Waals surface area contributed by atoms with Gasteiger partial charge in [-0.3, -0.25) is 4.98 Å². The van der Waals surface area contributed by atoms with Crippen molar-refractivity contribution in [2.24, 2.45) is 0 Å². The van der Waals surface area contributed by atoms with E-state index < -0.39 is 0 Å². The van der Waals surface area contributed by atoms with Gasteiger partial charge in [-0.15, -0.1) is 54.1 Å². The molecule has 4 aromatic carbocycles. The van der Waals surface area contributed by atoms with Crippen molar-refractivity contribution in [1.82, 2.24) is 24.7 Å². The first kappa shape index (κ1) is 26.7. The number of thiophene rings is 1. The number of hydrogen-bond acceptors (Lipinski definition) is 5. The van der Waals surface area contributed by atoms with Crippen LogP contribution in [-0.2, 0) is 20.1 Å². The average Bonchev–Trinajstić information content (AvgIpc) is 3.62. The Morgan fingerprint density at radius 2 is 1.49 bits per heavy atom. The average molecular weight is 724 g/mol. The molecular weight excluding hydrogens is 703 g/mol. The molecule has 1 radical (unpaired) electrons. The maximum atomic E-state index is 4.92. The van der Waals surface area contributed by atoms with E-state index in [9.17, 15) is 0 Å². The molecule has 0 fully saturated rings. The molecule has 0 aliphatic rings. The second-order valence-electron chi connectivity index (χ2n) is 9.05. The third-order valence-corrected chi connectivity index (χ3v) is 7.80. The van der Waals surface area contributed by atoms with E-state index in [2.05, 4.69) is 74.3 Å². The summed E-state index contributed by atoms with van der Waals surface area (Å²) in [5.74, 6) is 0.855. The zero-order valence-corrected chi connectivity index (χ0v) is 24.8. The molecular formula is C34H21IrN5S-2. The molecule has 0 bridgehead atoms. The van der Waals surface area contributed by atoms with E-state index in [0.717, 1.165) is 39.4 Å². The van der Waals surface area contributed by atoms with Crippen LogP contribution in [0.15, 0.2) is 128 Å². The van der Waals surface area contributed by atoms with E-state index in [1.165, 1.54) is 20.2 Å². The van der Waals surface area contributed by atoms with Crippen molar-refractivity contribution in [2.45, 2.75) is 0 Å². The SMILES string of the molecule is [Ir].[c-]1ccc2c(sc3ccccc32)c1-c1nc2cnncc2n1-c1ccccc1.[c-]1ccccc1-c1ccccn1. The summed E-state index contributed by atoms with van der Waals surface area (Å²) in [7, 11) is 0. The summed E-state index contributed by atoms with van der Waals surface area (Å²) in [4.78, 5) is 9.13. The fourth-order valence-electron chi connectivity index (χ4n) is 4.78. The Kier molecular flexibility index (Phi) is 7.74. The van der Waals surface area contributed by atoms with Gasteiger partial charge in [-0.25, -0.2) is 0 Å². The first-order chi connectivity index (χ1) is 19.9. The minimum absolute atomic E-state index is 0. The van der Waals surface area contributed by atoms with Gasteiger partial charge in [-0.05, 0) is 40.0 Å². The number of pyridine rings is 1. The van der Waals surface area contributed by atoms with E-state index in [-0.39, 0.29) is 20.1 Å². The first-order valence-electron chi connectivity index (χ1n) is 12.8. The molecule has 8 aromatic rings. The molecule has 0 saturated heterocycles. The number of aromatic nitrogens is 5. The van der Waals surface area contributed by atoms with Crippen LogP contribution in [0.4, 0.5) is 0 Å². The van der Waals surface area contributed by atoms with Gasteiger partial charge in [-0.1, -0.05) is 59.5 Å². The van der Waals surface area contributed by atoms with Gasteiger partial charge in [0, 0.05) is 36.7 Å². The van der Waals surface area contributed by atoms with Crippen LogP contribution >= 0.6 is 11.3 Å². The number of nitrogens with zero attached hydrogens (tertiary/aromatic N) is 5. The van der Waals surface area contributed by atoms with Crippen LogP contribution in [0.25, 0.3) is 59.5 Å². The van der Waals surface area contributed by atoms with E-state index in [1.54, 1.807) is 29.9 Å². The van der Waals surface area contributed by atoms with Crippen molar-refractivity contribution in [2.75, 3.05) is 0 Å². The summed E-state index contributed by atoms with van der Waals surface area (Å²) in [6.45, 7) is 0.